The molecule has 1 aromatic heterocycles. The molecule has 104 valence electrons. The van der Waals surface area contributed by atoms with Gasteiger partial charge in [0.25, 0.3) is 5.91 Å². The van der Waals surface area contributed by atoms with Gasteiger partial charge in [-0.05, 0) is 37.6 Å². The van der Waals surface area contributed by atoms with Crippen LogP contribution < -0.4 is 5.32 Å². The Bertz CT molecular complexity index is 690. The van der Waals surface area contributed by atoms with Crippen molar-refractivity contribution in [1.82, 2.24) is 0 Å². The van der Waals surface area contributed by atoms with Crippen molar-refractivity contribution in [2.45, 2.75) is 13.8 Å². The summed E-state index contributed by atoms with van der Waals surface area (Å²) in [4.78, 5) is 23.9. The van der Waals surface area contributed by atoms with E-state index in [9.17, 15) is 14.7 Å². The number of aryl methyl sites for hydroxylation is 2. The number of hydrogen-bond acceptors (Lipinski definition) is 4. The molecule has 0 atom stereocenters. The maximum atomic E-state index is 12.1. The second-order valence-corrected chi connectivity index (χ2v) is 5.64. The first kappa shape index (κ1) is 14.1. The molecule has 0 saturated carbocycles. The molecule has 1 aromatic carbocycles. The summed E-state index contributed by atoms with van der Waals surface area (Å²) in [5, 5.41) is 21.6. The number of phenolic OH excluding ortho intramolecular Hbond substituents is 1. The molecule has 5 nitrogen and oxygen atoms in total. The summed E-state index contributed by atoms with van der Waals surface area (Å²) in [6.45, 7) is 3.56. The average molecular weight is 291 g/mol. The molecule has 0 saturated heterocycles. The number of aromatic hydroxyl groups is 1. The van der Waals surface area contributed by atoms with Crippen molar-refractivity contribution in [1.29, 1.82) is 0 Å². The van der Waals surface area contributed by atoms with E-state index in [1.165, 1.54) is 29.5 Å². The number of phenols is 1. The van der Waals surface area contributed by atoms with Crippen molar-refractivity contribution in [3.05, 3.63) is 45.8 Å². The number of carbonyl (C=O) groups excluding carboxylic acids is 1. The Kier molecular flexibility index (Phi) is 3.76. The standard InChI is InChI=1S/C14H13NO4S/c1-7-3-4-9(11(16)5-7)12(17)15-13-10(14(18)19)6-8(2)20-13/h3-6,16H,1-2H3,(H,15,17)(H,18,19). The molecule has 20 heavy (non-hydrogen) atoms. The Hall–Kier alpha value is -2.34. The lowest BCUT2D eigenvalue weighted by molar-refractivity contribution is 0.0698. The molecule has 0 bridgehead atoms. The number of aromatic carboxylic acids is 1. The van der Waals surface area contributed by atoms with Crippen LogP contribution in [0.25, 0.3) is 0 Å². The Balaban J connectivity index is 2.30. The lowest BCUT2D eigenvalue weighted by atomic mass is 10.1. The molecule has 1 amide bonds. The number of carbonyl (C=O) groups is 2. The minimum Gasteiger partial charge on any atom is -0.507 e. The number of nitrogens with one attached hydrogen (secondary N) is 1. The van der Waals surface area contributed by atoms with Gasteiger partial charge < -0.3 is 15.5 Å². The van der Waals surface area contributed by atoms with Gasteiger partial charge in [0.2, 0.25) is 0 Å². The van der Waals surface area contributed by atoms with E-state index in [2.05, 4.69) is 5.32 Å². The molecule has 6 heteroatoms. The monoisotopic (exact) mass is 291 g/mol. The zero-order valence-electron chi connectivity index (χ0n) is 10.9. The van der Waals surface area contributed by atoms with E-state index in [4.69, 9.17) is 5.11 Å². The number of benzene rings is 1. The van der Waals surface area contributed by atoms with E-state index in [0.717, 1.165) is 10.4 Å². The highest BCUT2D eigenvalue weighted by atomic mass is 32.1. The van der Waals surface area contributed by atoms with Gasteiger partial charge in [-0.2, -0.15) is 0 Å². The van der Waals surface area contributed by atoms with E-state index in [0.29, 0.717) is 0 Å². The van der Waals surface area contributed by atoms with Crippen LogP contribution in [-0.2, 0) is 0 Å². The lowest BCUT2D eigenvalue weighted by Gasteiger charge is -2.06. The van der Waals surface area contributed by atoms with Crippen LogP contribution in [0, 0.1) is 13.8 Å². The van der Waals surface area contributed by atoms with Gasteiger partial charge in [0.1, 0.15) is 10.8 Å². The Morgan fingerprint density at radius 3 is 2.45 bits per heavy atom. The second kappa shape index (κ2) is 5.34. The largest absolute Gasteiger partial charge is 0.507 e. The molecular weight excluding hydrogens is 278 g/mol. The number of hydrogen-bond donors (Lipinski definition) is 3. The van der Waals surface area contributed by atoms with Gasteiger partial charge in [-0.1, -0.05) is 6.07 Å². The third-order valence-electron chi connectivity index (χ3n) is 2.71. The number of amides is 1. The molecule has 3 N–H and O–H groups in total. The topological polar surface area (TPSA) is 86.6 Å². The van der Waals surface area contributed by atoms with Crippen molar-refractivity contribution in [3.8, 4) is 5.75 Å². The van der Waals surface area contributed by atoms with Crippen LogP contribution >= 0.6 is 11.3 Å². The molecule has 0 aliphatic carbocycles. The Labute approximate surface area is 119 Å². The highest BCUT2D eigenvalue weighted by Gasteiger charge is 2.18. The van der Waals surface area contributed by atoms with Crippen LogP contribution in [0.4, 0.5) is 5.00 Å². The summed E-state index contributed by atoms with van der Waals surface area (Å²) in [5.74, 6) is -1.77. The number of carboxylic acid groups (broad SMARTS) is 1. The van der Waals surface area contributed by atoms with E-state index in [1.807, 2.05) is 0 Å². The molecule has 2 aromatic rings. The number of rotatable bonds is 3. The number of anilines is 1. The maximum absolute atomic E-state index is 12.1. The fourth-order valence-corrected chi connectivity index (χ4v) is 2.67. The molecule has 0 aliphatic rings. The fourth-order valence-electron chi connectivity index (χ4n) is 1.77. The first-order chi connectivity index (χ1) is 9.38. The summed E-state index contributed by atoms with van der Waals surface area (Å²) < 4.78 is 0. The van der Waals surface area contributed by atoms with Crippen LogP contribution in [0.2, 0.25) is 0 Å². The molecule has 0 radical (unpaired) electrons. The SMILES string of the molecule is Cc1ccc(C(=O)Nc2sc(C)cc2C(=O)O)c(O)c1. The van der Waals surface area contributed by atoms with Crippen molar-refractivity contribution >= 4 is 28.2 Å². The maximum Gasteiger partial charge on any atom is 0.338 e. The lowest BCUT2D eigenvalue weighted by Crippen LogP contribution is -2.13. The normalized spacial score (nSPS) is 10.3. The number of carboxylic acids is 1. The Morgan fingerprint density at radius 1 is 1.15 bits per heavy atom. The summed E-state index contributed by atoms with van der Waals surface area (Å²) in [6.07, 6.45) is 0. The van der Waals surface area contributed by atoms with E-state index in [1.54, 1.807) is 19.9 Å². The summed E-state index contributed by atoms with van der Waals surface area (Å²) in [6, 6.07) is 6.18. The number of thiophene rings is 1. The second-order valence-electron chi connectivity index (χ2n) is 4.38. The van der Waals surface area contributed by atoms with Crippen LogP contribution in [-0.4, -0.2) is 22.1 Å². The highest BCUT2D eigenvalue weighted by Crippen LogP contribution is 2.29. The van der Waals surface area contributed by atoms with Gasteiger partial charge in [0.15, 0.2) is 0 Å². The highest BCUT2D eigenvalue weighted by molar-refractivity contribution is 7.16. The van der Waals surface area contributed by atoms with Gasteiger partial charge in [0, 0.05) is 4.88 Å². The van der Waals surface area contributed by atoms with Crippen LogP contribution in [0.3, 0.4) is 0 Å². The van der Waals surface area contributed by atoms with Crippen molar-refractivity contribution in [3.63, 3.8) is 0 Å². The van der Waals surface area contributed by atoms with Crippen molar-refractivity contribution in [2.24, 2.45) is 0 Å². The van der Waals surface area contributed by atoms with Crippen molar-refractivity contribution < 1.29 is 19.8 Å². The van der Waals surface area contributed by atoms with Crippen LogP contribution in [0.15, 0.2) is 24.3 Å². The smallest absolute Gasteiger partial charge is 0.338 e. The van der Waals surface area contributed by atoms with E-state index in [-0.39, 0.29) is 21.9 Å². The summed E-state index contributed by atoms with van der Waals surface area (Å²) in [7, 11) is 0. The third-order valence-corrected chi connectivity index (χ3v) is 3.68. The quantitative estimate of drug-likeness (QED) is 0.811. The first-order valence-electron chi connectivity index (χ1n) is 5.83. The summed E-state index contributed by atoms with van der Waals surface area (Å²) in [5.41, 5.74) is 0.989. The minimum atomic E-state index is -1.10. The first-order valence-corrected chi connectivity index (χ1v) is 6.65. The molecule has 0 fully saturated rings. The molecule has 0 unspecified atom stereocenters. The molecule has 2 rings (SSSR count). The third kappa shape index (κ3) is 2.80. The van der Waals surface area contributed by atoms with Crippen LogP contribution in [0.5, 0.6) is 5.75 Å². The van der Waals surface area contributed by atoms with Crippen LogP contribution in [0.1, 0.15) is 31.2 Å². The predicted molar refractivity (Wildman–Crippen MR) is 76.8 cm³/mol. The van der Waals surface area contributed by atoms with E-state index < -0.39 is 11.9 Å². The molecule has 0 spiro atoms. The molecule has 1 heterocycles. The van der Waals surface area contributed by atoms with Gasteiger partial charge in [-0.3, -0.25) is 4.79 Å². The zero-order valence-corrected chi connectivity index (χ0v) is 11.7. The van der Waals surface area contributed by atoms with Gasteiger partial charge in [0.05, 0.1) is 11.1 Å². The minimum absolute atomic E-state index is 0.0486. The molecular formula is C14H13NO4S. The average Bonchev–Trinajstić information content (AvgIpc) is 2.70. The van der Waals surface area contributed by atoms with Crippen molar-refractivity contribution in [2.75, 3.05) is 5.32 Å². The molecule has 0 aliphatic heterocycles. The fraction of sp³-hybridized carbons (Fsp3) is 0.143. The van der Waals surface area contributed by atoms with Gasteiger partial charge in [-0.15, -0.1) is 11.3 Å². The van der Waals surface area contributed by atoms with Gasteiger partial charge in [-0.25, -0.2) is 4.79 Å². The Morgan fingerprint density at radius 2 is 1.85 bits per heavy atom. The van der Waals surface area contributed by atoms with Gasteiger partial charge >= 0.3 is 5.97 Å². The van der Waals surface area contributed by atoms with E-state index >= 15 is 0 Å². The predicted octanol–water partition coefficient (Wildman–Crippen LogP) is 3.02. The summed E-state index contributed by atoms with van der Waals surface area (Å²) >= 11 is 1.18. The zero-order chi connectivity index (χ0) is 14.9.